The van der Waals surface area contributed by atoms with Crippen molar-refractivity contribution in [1.29, 1.82) is 0 Å². The standard InChI is InChI=1S/C13H11F6NO2/c1-7-20(2-3-22-7)11(21)8-4-9(12(14,15)16)6-10(5-8)13(17,18)19/h4-7H,2-3H2,1H3/t7-/m0/s1. The average molecular weight is 327 g/mol. The van der Waals surface area contributed by atoms with Crippen molar-refractivity contribution in [1.82, 2.24) is 4.90 Å². The Morgan fingerprint density at radius 2 is 1.59 bits per heavy atom. The predicted molar refractivity (Wildman–Crippen MR) is 62.9 cm³/mol. The lowest BCUT2D eigenvalue weighted by Gasteiger charge is -2.21. The summed E-state index contributed by atoms with van der Waals surface area (Å²) in [4.78, 5) is 13.2. The quantitative estimate of drug-likeness (QED) is 0.739. The van der Waals surface area contributed by atoms with E-state index in [0.717, 1.165) is 4.90 Å². The number of ether oxygens (including phenoxy) is 1. The molecule has 9 heteroatoms. The minimum Gasteiger partial charge on any atom is -0.357 e. The number of carbonyl (C=O) groups excluding carboxylic acids is 1. The first kappa shape index (κ1) is 16.6. The van der Waals surface area contributed by atoms with Crippen LogP contribution in [0.15, 0.2) is 18.2 Å². The zero-order chi connectivity index (χ0) is 16.7. The maximum atomic E-state index is 12.7. The number of hydrogen-bond acceptors (Lipinski definition) is 2. The van der Waals surface area contributed by atoms with Crippen molar-refractivity contribution >= 4 is 5.91 Å². The molecule has 1 atom stereocenters. The molecule has 0 saturated carbocycles. The third-order valence-electron chi connectivity index (χ3n) is 3.23. The van der Waals surface area contributed by atoms with E-state index in [1.807, 2.05) is 0 Å². The van der Waals surface area contributed by atoms with Gasteiger partial charge in [0.25, 0.3) is 5.91 Å². The van der Waals surface area contributed by atoms with E-state index in [4.69, 9.17) is 4.74 Å². The first-order chi connectivity index (χ1) is 10.00. The fraction of sp³-hybridized carbons (Fsp3) is 0.462. The van der Waals surface area contributed by atoms with E-state index in [-0.39, 0.29) is 19.2 Å². The number of amides is 1. The molecule has 2 rings (SSSR count). The van der Waals surface area contributed by atoms with Crippen LogP contribution >= 0.6 is 0 Å². The number of nitrogens with zero attached hydrogens (tertiary/aromatic N) is 1. The van der Waals surface area contributed by atoms with Crippen molar-refractivity contribution in [2.75, 3.05) is 13.2 Å². The van der Waals surface area contributed by atoms with E-state index in [9.17, 15) is 31.1 Å². The number of halogens is 6. The summed E-state index contributed by atoms with van der Waals surface area (Å²) in [6, 6.07) is 0.825. The van der Waals surface area contributed by atoms with Crippen molar-refractivity contribution in [3.05, 3.63) is 34.9 Å². The van der Waals surface area contributed by atoms with Crippen molar-refractivity contribution in [3.63, 3.8) is 0 Å². The van der Waals surface area contributed by atoms with Crippen LogP contribution < -0.4 is 0 Å². The minimum absolute atomic E-state index is 0.0132. The molecule has 0 bridgehead atoms. The summed E-state index contributed by atoms with van der Waals surface area (Å²) >= 11 is 0. The summed E-state index contributed by atoms with van der Waals surface area (Å²) in [7, 11) is 0. The molecular weight excluding hydrogens is 316 g/mol. The topological polar surface area (TPSA) is 29.5 Å². The lowest BCUT2D eigenvalue weighted by Crippen LogP contribution is -2.34. The Morgan fingerprint density at radius 1 is 1.09 bits per heavy atom. The summed E-state index contributed by atoms with van der Waals surface area (Å²) in [5, 5.41) is 0. The van der Waals surface area contributed by atoms with Crippen LogP contribution in [0.3, 0.4) is 0 Å². The van der Waals surface area contributed by atoms with Crippen molar-refractivity contribution < 1.29 is 35.9 Å². The van der Waals surface area contributed by atoms with Gasteiger partial charge in [-0.05, 0) is 25.1 Å². The molecular formula is C13H11F6NO2. The van der Waals surface area contributed by atoms with E-state index in [1.165, 1.54) is 6.92 Å². The highest BCUT2D eigenvalue weighted by Crippen LogP contribution is 2.36. The normalized spacial score (nSPS) is 19.6. The van der Waals surface area contributed by atoms with Crippen molar-refractivity contribution in [2.24, 2.45) is 0 Å². The van der Waals surface area contributed by atoms with Crippen molar-refractivity contribution in [2.45, 2.75) is 25.5 Å². The zero-order valence-corrected chi connectivity index (χ0v) is 11.3. The molecule has 0 N–H and O–H groups in total. The first-order valence-electron chi connectivity index (χ1n) is 6.22. The molecule has 0 aromatic heterocycles. The van der Waals surface area contributed by atoms with Crippen LogP contribution in [-0.4, -0.2) is 30.2 Å². The number of benzene rings is 1. The van der Waals surface area contributed by atoms with Crippen LogP contribution in [0.5, 0.6) is 0 Å². The van der Waals surface area contributed by atoms with Gasteiger partial charge >= 0.3 is 12.4 Å². The molecule has 22 heavy (non-hydrogen) atoms. The number of hydrogen-bond donors (Lipinski definition) is 0. The van der Waals surface area contributed by atoms with Gasteiger partial charge in [-0.25, -0.2) is 0 Å². The maximum absolute atomic E-state index is 12.7. The van der Waals surface area contributed by atoms with Gasteiger partial charge in [-0.1, -0.05) is 0 Å². The average Bonchev–Trinajstić information content (AvgIpc) is 2.81. The maximum Gasteiger partial charge on any atom is 0.416 e. The zero-order valence-electron chi connectivity index (χ0n) is 11.3. The monoisotopic (exact) mass is 327 g/mol. The molecule has 1 aromatic rings. The van der Waals surface area contributed by atoms with Gasteiger partial charge in [0.05, 0.1) is 17.7 Å². The molecule has 0 unspecified atom stereocenters. The molecule has 1 fully saturated rings. The van der Waals surface area contributed by atoms with Crippen LogP contribution in [0, 0.1) is 0 Å². The van der Waals surface area contributed by atoms with Gasteiger partial charge in [-0.2, -0.15) is 26.3 Å². The van der Waals surface area contributed by atoms with Gasteiger partial charge in [-0.15, -0.1) is 0 Å². The number of rotatable bonds is 1. The minimum atomic E-state index is -4.98. The highest BCUT2D eigenvalue weighted by atomic mass is 19.4. The van der Waals surface area contributed by atoms with Gasteiger partial charge in [-0.3, -0.25) is 4.79 Å². The number of alkyl halides is 6. The highest BCUT2D eigenvalue weighted by Gasteiger charge is 2.38. The summed E-state index contributed by atoms with van der Waals surface area (Å²) < 4.78 is 81.5. The fourth-order valence-corrected chi connectivity index (χ4v) is 2.10. The summed E-state index contributed by atoms with van der Waals surface area (Å²) in [5.74, 6) is -0.929. The largest absolute Gasteiger partial charge is 0.416 e. The molecule has 0 aliphatic carbocycles. The second-order valence-electron chi connectivity index (χ2n) is 4.76. The third kappa shape index (κ3) is 3.34. The number of carbonyl (C=O) groups is 1. The second-order valence-corrected chi connectivity index (χ2v) is 4.76. The molecule has 3 nitrogen and oxygen atoms in total. The third-order valence-corrected chi connectivity index (χ3v) is 3.23. The van der Waals surface area contributed by atoms with Gasteiger partial charge < -0.3 is 9.64 Å². The van der Waals surface area contributed by atoms with E-state index in [2.05, 4.69) is 0 Å². The summed E-state index contributed by atoms with van der Waals surface area (Å²) in [6.45, 7) is 1.78. The lowest BCUT2D eigenvalue weighted by molar-refractivity contribution is -0.143. The van der Waals surface area contributed by atoms with Gasteiger partial charge in [0, 0.05) is 12.1 Å². The summed E-state index contributed by atoms with van der Waals surface area (Å²) in [5.41, 5.74) is -3.70. The van der Waals surface area contributed by atoms with E-state index in [0.29, 0.717) is 12.1 Å². The Balaban J connectivity index is 2.48. The van der Waals surface area contributed by atoms with Crippen molar-refractivity contribution in [3.8, 4) is 0 Å². The van der Waals surface area contributed by atoms with E-state index >= 15 is 0 Å². The Kier molecular flexibility index (Phi) is 4.12. The SMILES string of the molecule is C[C@@H]1OCCN1C(=O)c1cc(C(F)(F)F)cc(C(F)(F)F)c1. The fourth-order valence-electron chi connectivity index (χ4n) is 2.10. The van der Waals surface area contributed by atoms with E-state index in [1.54, 1.807) is 0 Å². The smallest absolute Gasteiger partial charge is 0.357 e. The Bertz CT molecular complexity index is 549. The molecule has 1 amide bonds. The molecule has 0 radical (unpaired) electrons. The molecule has 1 aromatic carbocycles. The van der Waals surface area contributed by atoms with Crippen LogP contribution in [0.25, 0.3) is 0 Å². The Morgan fingerprint density at radius 3 is 1.95 bits per heavy atom. The first-order valence-corrected chi connectivity index (χ1v) is 6.22. The van der Waals surface area contributed by atoms with Crippen LogP contribution in [0.2, 0.25) is 0 Å². The second kappa shape index (κ2) is 5.45. The van der Waals surface area contributed by atoms with Gasteiger partial charge in [0.15, 0.2) is 0 Å². The molecule has 122 valence electrons. The van der Waals surface area contributed by atoms with Crippen LogP contribution in [-0.2, 0) is 17.1 Å². The lowest BCUT2D eigenvalue weighted by atomic mass is 10.0. The molecule has 0 spiro atoms. The van der Waals surface area contributed by atoms with E-state index < -0.39 is 41.2 Å². The molecule has 1 saturated heterocycles. The molecule has 1 aliphatic rings. The van der Waals surface area contributed by atoms with Gasteiger partial charge in [0.1, 0.15) is 6.23 Å². The van der Waals surface area contributed by atoms with Crippen LogP contribution in [0.1, 0.15) is 28.4 Å². The predicted octanol–water partition coefficient (Wildman–Crippen LogP) is 3.54. The highest BCUT2D eigenvalue weighted by molar-refractivity contribution is 5.95. The molecule has 1 heterocycles. The molecule has 1 aliphatic heterocycles. The Hall–Kier alpha value is -1.77. The van der Waals surface area contributed by atoms with Gasteiger partial charge in [0.2, 0.25) is 0 Å². The Labute approximate surface area is 121 Å². The summed E-state index contributed by atoms with van der Waals surface area (Å²) in [6.07, 6.45) is -10.7. The van der Waals surface area contributed by atoms with Crippen LogP contribution in [0.4, 0.5) is 26.3 Å².